The number of aryl methyl sites for hydroxylation is 1. The summed E-state index contributed by atoms with van der Waals surface area (Å²) in [5.74, 6) is -0.0646. The van der Waals surface area contributed by atoms with Crippen LogP contribution in [0.25, 0.3) is 11.1 Å². The number of nitrogens with zero attached hydrogens (tertiary/aromatic N) is 1. The Morgan fingerprint density at radius 3 is 2.28 bits per heavy atom. The zero-order valence-electron chi connectivity index (χ0n) is 17.5. The maximum atomic E-state index is 12.9. The van der Waals surface area contributed by atoms with Crippen LogP contribution in [0.15, 0.2) is 48.5 Å². The Balaban J connectivity index is 1.80. The lowest BCUT2D eigenvalue weighted by Gasteiger charge is -2.41. The molecule has 1 saturated heterocycles. The van der Waals surface area contributed by atoms with E-state index in [2.05, 4.69) is 60.8 Å². The van der Waals surface area contributed by atoms with Crippen LogP contribution in [0.1, 0.15) is 24.0 Å². The first-order valence-electron chi connectivity index (χ1n) is 10.1. The molecular weight excluding hydrogens is 364 g/mol. The van der Waals surface area contributed by atoms with E-state index in [4.69, 9.17) is 4.74 Å². The van der Waals surface area contributed by atoms with Gasteiger partial charge in [-0.3, -0.25) is 9.59 Å². The number of hydrogen-bond acceptors (Lipinski definition) is 3. The Morgan fingerprint density at radius 1 is 1.07 bits per heavy atom. The molecule has 0 spiro atoms. The van der Waals surface area contributed by atoms with Gasteiger partial charge in [0.1, 0.15) is 6.61 Å². The quantitative estimate of drug-likeness (QED) is 0.819. The summed E-state index contributed by atoms with van der Waals surface area (Å²) in [6, 6.07) is 16.9. The molecule has 1 aliphatic rings. The SMILES string of the molecule is CNC(=O)C1(Cc2ccc(-c3ccc(C)cc3)cc2)CCCN(C(=O)COC)C1. The normalized spacial score (nSPS) is 19.1. The van der Waals surface area contributed by atoms with Gasteiger partial charge in [-0.25, -0.2) is 0 Å². The van der Waals surface area contributed by atoms with Crippen LogP contribution >= 0.6 is 0 Å². The summed E-state index contributed by atoms with van der Waals surface area (Å²) in [5.41, 5.74) is 4.07. The molecule has 1 unspecified atom stereocenters. The van der Waals surface area contributed by atoms with Crippen molar-refractivity contribution in [3.05, 3.63) is 59.7 Å². The molecule has 1 aliphatic heterocycles. The van der Waals surface area contributed by atoms with Gasteiger partial charge in [0.05, 0.1) is 5.41 Å². The second-order valence-electron chi connectivity index (χ2n) is 7.95. The van der Waals surface area contributed by atoms with E-state index in [1.807, 2.05) is 0 Å². The molecule has 1 fully saturated rings. The highest BCUT2D eigenvalue weighted by atomic mass is 16.5. The van der Waals surface area contributed by atoms with Crippen LogP contribution in [-0.2, 0) is 20.7 Å². The number of rotatable bonds is 6. The Kier molecular flexibility index (Phi) is 6.70. The first-order chi connectivity index (χ1) is 14.0. The van der Waals surface area contributed by atoms with Crippen molar-refractivity contribution in [3.63, 3.8) is 0 Å². The van der Waals surface area contributed by atoms with E-state index in [1.165, 1.54) is 18.2 Å². The van der Waals surface area contributed by atoms with Gasteiger partial charge in [-0.15, -0.1) is 0 Å². The highest BCUT2D eigenvalue weighted by Crippen LogP contribution is 2.35. The van der Waals surface area contributed by atoms with Crippen LogP contribution in [0.2, 0.25) is 0 Å². The first kappa shape index (κ1) is 21.1. The Morgan fingerprint density at radius 2 is 1.69 bits per heavy atom. The van der Waals surface area contributed by atoms with Gasteiger partial charge in [-0.1, -0.05) is 54.1 Å². The third-order valence-corrected chi connectivity index (χ3v) is 5.79. The fraction of sp³-hybridized carbons (Fsp3) is 0.417. The number of methoxy groups -OCH3 is 1. The maximum Gasteiger partial charge on any atom is 0.248 e. The molecule has 2 aromatic rings. The molecule has 0 radical (unpaired) electrons. The average molecular weight is 395 g/mol. The predicted octanol–water partition coefficient (Wildman–Crippen LogP) is 3.21. The van der Waals surface area contributed by atoms with Crippen LogP contribution in [-0.4, -0.2) is 50.6 Å². The van der Waals surface area contributed by atoms with E-state index < -0.39 is 5.41 Å². The average Bonchev–Trinajstić information content (AvgIpc) is 2.74. The van der Waals surface area contributed by atoms with Crippen molar-refractivity contribution >= 4 is 11.8 Å². The molecule has 0 aromatic heterocycles. The van der Waals surface area contributed by atoms with E-state index >= 15 is 0 Å². The smallest absolute Gasteiger partial charge is 0.248 e. The van der Waals surface area contributed by atoms with Gasteiger partial charge >= 0.3 is 0 Å². The molecule has 0 saturated carbocycles. The summed E-state index contributed by atoms with van der Waals surface area (Å²) in [6.45, 7) is 3.23. The van der Waals surface area contributed by atoms with Crippen molar-refractivity contribution in [1.82, 2.24) is 10.2 Å². The largest absolute Gasteiger partial charge is 0.375 e. The van der Waals surface area contributed by atoms with E-state index in [-0.39, 0.29) is 18.4 Å². The van der Waals surface area contributed by atoms with Crippen molar-refractivity contribution in [2.75, 3.05) is 33.9 Å². The van der Waals surface area contributed by atoms with Crippen molar-refractivity contribution in [3.8, 4) is 11.1 Å². The standard InChI is InChI=1S/C24H30N2O3/c1-18-5-9-20(10-6-18)21-11-7-19(8-12-21)15-24(23(28)25-2)13-4-14-26(17-24)22(27)16-29-3/h5-12H,4,13-17H2,1-3H3,(H,25,28). The van der Waals surface area contributed by atoms with E-state index in [0.717, 1.165) is 24.0 Å². The monoisotopic (exact) mass is 394 g/mol. The zero-order valence-corrected chi connectivity index (χ0v) is 17.5. The molecule has 3 rings (SSSR count). The number of likely N-dealkylation sites (tertiary alicyclic amines) is 1. The number of hydrogen-bond donors (Lipinski definition) is 1. The minimum atomic E-state index is -0.609. The van der Waals surface area contributed by atoms with Gasteiger partial charge in [0, 0.05) is 27.2 Å². The van der Waals surface area contributed by atoms with Crippen molar-refractivity contribution in [2.45, 2.75) is 26.2 Å². The van der Waals surface area contributed by atoms with Gasteiger partial charge in [0.15, 0.2) is 0 Å². The molecule has 29 heavy (non-hydrogen) atoms. The third kappa shape index (κ3) is 4.85. The molecule has 0 aliphatic carbocycles. The second-order valence-corrected chi connectivity index (χ2v) is 7.95. The molecule has 1 heterocycles. The Labute approximate surface area is 173 Å². The third-order valence-electron chi connectivity index (χ3n) is 5.79. The minimum Gasteiger partial charge on any atom is -0.375 e. The summed E-state index contributed by atoms with van der Waals surface area (Å²) in [7, 11) is 3.18. The number of amides is 2. The van der Waals surface area contributed by atoms with Crippen LogP contribution in [0.5, 0.6) is 0 Å². The summed E-state index contributed by atoms with van der Waals surface area (Å²) in [6.07, 6.45) is 2.19. The summed E-state index contributed by atoms with van der Waals surface area (Å²) >= 11 is 0. The number of piperidine rings is 1. The first-order valence-corrected chi connectivity index (χ1v) is 10.1. The minimum absolute atomic E-state index is 0.00460. The van der Waals surface area contributed by atoms with E-state index in [1.54, 1.807) is 11.9 Å². The second kappa shape index (κ2) is 9.23. The van der Waals surface area contributed by atoms with E-state index in [0.29, 0.717) is 19.5 Å². The van der Waals surface area contributed by atoms with Gasteiger partial charge < -0.3 is 15.0 Å². The topological polar surface area (TPSA) is 58.6 Å². The molecule has 0 bridgehead atoms. The van der Waals surface area contributed by atoms with Crippen LogP contribution in [0, 0.1) is 12.3 Å². The fourth-order valence-corrected chi connectivity index (χ4v) is 4.19. The summed E-state index contributed by atoms with van der Waals surface area (Å²) < 4.78 is 5.00. The summed E-state index contributed by atoms with van der Waals surface area (Å²) in [5, 5.41) is 2.82. The molecule has 2 aromatic carbocycles. The lowest BCUT2D eigenvalue weighted by molar-refractivity contribution is -0.143. The highest BCUT2D eigenvalue weighted by molar-refractivity contribution is 5.85. The molecule has 154 valence electrons. The molecule has 2 amide bonds. The predicted molar refractivity (Wildman–Crippen MR) is 115 cm³/mol. The van der Waals surface area contributed by atoms with Crippen molar-refractivity contribution < 1.29 is 14.3 Å². The molecule has 5 nitrogen and oxygen atoms in total. The highest BCUT2D eigenvalue weighted by Gasteiger charge is 2.42. The van der Waals surface area contributed by atoms with Crippen LogP contribution < -0.4 is 5.32 Å². The van der Waals surface area contributed by atoms with Gasteiger partial charge in [0.25, 0.3) is 0 Å². The molecular formula is C24H30N2O3. The Hall–Kier alpha value is -2.66. The van der Waals surface area contributed by atoms with Crippen molar-refractivity contribution in [1.29, 1.82) is 0 Å². The maximum absolute atomic E-state index is 12.9. The van der Waals surface area contributed by atoms with Gasteiger partial charge in [-0.2, -0.15) is 0 Å². The number of nitrogens with one attached hydrogen (secondary N) is 1. The van der Waals surface area contributed by atoms with Crippen LogP contribution in [0.3, 0.4) is 0 Å². The lowest BCUT2D eigenvalue weighted by atomic mass is 9.74. The number of carbonyl (C=O) groups excluding carboxylic acids is 2. The van der Waals surface area contributed by atoms with E-state index in [9.17, 15) is 9.59 Å². The Bertz CT molecular complexity index is 845. The van der Waals surface area contributed by atoms with Crippen molar-refractivity contribution in [2.24, 2.45) is 5.41 Å². The lowest BCUT2D eigenvalue weighted by Crippen LogP contribution is -2.54. The zero-order chi connectivity index (χ0) is 20.9. The van der Waals surface area contributed by atoms with Gasteiger partial charge in [0.2, 0.25) is 11.8 Å². The fourth-order valence-electron chi connectivity index (χ4n) is 4.19. The molecule has 1 N–H and O–H groups in total. The van der Waals surface area contributed by atoms with Crippen LogP contribution in [0.4, 0.5) is 0 Å². The molecule has 1 atom stereocenters. The molecule has 5 heteroatoms. The number of benzene rings is 2. The number of ether oxygens (including phenoxy) is 1. The number of carbonyl (C=O) groups is 2. The van der Waals surface area contributed by atoms with Gasteiger partial charge in [-0.05, 0) is 42.9 Å². The summed E-state index contributed by atoms with van der Waals surface area (Å²) in [4.78, 5) is 27.0.